The highest BCUT2D eigenvalue weighted by Crippen LogP contribution is 2.32. The molecule has 1 aliphatic heterocycles. The molecular formula is C24H25ClN4O2. The number of nitriles is 1. The number of nitrogens with zero attached hydrogens (tertiary/aromatic N) is 3. The zero-order valence-corrected chi connectivity index (χ0v) is 18.6. The first-order valence-electron chi connectivity index (χ1n) is 9.68. The minimum absolute atomic E-state index is 0.0898. The average Bonchev–Trinajstić information content (AvgIpc) is 3.24. The molecule has 160 valence electrons. The van der Waals surface area contributed by atoms with E-state index in [1.807, 2.05) is 19.1 Å². The third-order valence-corrected chi connectivity index (χ3v) is 5.30. The Morgan fingerprint density at radius 1 is 1.13 bits per heavy atom. The van der Waals surface area contributed by atoms with Crippen LogP contribution in [0.25, 0.3) is 0 Å². The molecule has 7 heteroatoms. The number of rotatable bonds is 3. The number of carbonyl (C=O) groups is 2. The second-order valence-electron chi connectivity index (χ2n) is 7.44. The second-order valence-corrected chi connectivity index (χ2v) is 7.88. The van der Waals surface area contributed by atoms with Crippen molar-refractivity contribution in [1.82, 2.24) is 10.2 Å². The molecule has 0 radical (unpaired) electrons. The molecule has 1 heterocycles. The van der Waals surface area contributed by atoms with Crippen molar-refractivity contribution >= 4 is 29.2 Å². The lowest BCUT2D eigenvalue weighted by atomic mass is 9.87. The molecule has 1 fully saturated rings. The predicted octanol–water partition coefficient (Wildman–Crippen LogP) is 3.79. The van der Waals surface area contributed by atoms with E-state index >= 15 is 0 Å². The lowest BCUT2D eigenvalue weighted by Gasteiger charge is -2.29. The van der Waals surface area contributed by atoms with E-state index in [1.165, 1.54) is 9.80 Å². The van der Waals surface area contributed by atoms with E-state index in [0.717, 1.165) is 11.1 Å². The van der Waals surface area contributed by atoms with Gasteiger partial charge in [0.25, 0.3) is 0 Å². The highest BCUT2D eigenvalue weighted by molar-refractivity contribution is 6.31. The first kappa shape index (κ1) is 24.0. The third kappa shape index (κ3) is 5.44. The molecule has 0 spiro atoms. The van der Waals surface area contributed by atoms with Crippen molar-refractivity contribution in [3.05, 3.63) is 64.2 Å². The van der Waals surface area contributed by atoms with Gasteiger partial charge in [-0.3, -0.25) is 4.79 Å². The van der Waals surface area contributed by atoms with Gasteiger partial charge in [-0.05, 0) is 48.4 Å². The molecule has 3 rings (SSSR count). The van der Waals surface area contributed by atoms with E-state index in [4.69, 9.17) is 16.9 Å². The molecule has 2 aromatic carbocycles. The van der Waals surface area contributed by atoms with Crippen LogP contribution in [0.2, 0.25) is 5.02 Å². The van der Waals surface area contributed by atoms with Gasteiger partial charge in [0, 0.05) is 38.1 Å². The summed E-state index contributed by atoms with van der Waals surface area (Å²) in [5.41, 5.74) is 2.86. The van der Waals surface area contributed by atoms with Gasteiger partial charge in [-0.2, -0.15) is 5.26 Å². The lowest BCUT2D eigenvalue weighted by molar-refractivity contribution is -0.121. The fourth-order valence-electron chi connectivity index (χ4n) is 3.64. The molecule has 0 aromatic heterocycles. The number of nitrogens with one attached hydrogen (secondary N) is 1. The molecule has 0 aliphatic carbocycles. The minimum atomic E-state index is -0.415. The number of urea groups is 1. The fourth-order valence-corrected chi connectivity index (χ4v) is 3.92. The van der Waals surface area contributed by atoms with Crippen molar-refractivity contribution in [1.29, 1.82) is 5.26 Å². The summed E-state index contributed by atoms with van der Waals surface area (Å²) in [4.78, 5) is 29.1. The number of terminal acetylenes is 1. The molecule has 3 amide bonds. The first-order valence-corrected chi connectivity index (χ1v) is 10.1. The molecule has 1 aliphatic rings. The van der Waals surface area contributed by atoms with Crippen molar-refractivity contribution in [3.8, 4) is 18.9 Å². The summed E-state index contributed by atoms with van der Waals surface area (Å²) in [6.45, 7) is 2.97. The lowest BCUT2D eigenvalue weighted by Crippen LogP contribution is -2.47. The first-order chi connectivity index (χ1) is 14.8. The molecule has 31 heavy (non-hydrogen) atoms. The van der Waals surface area contributed by atoms with Crippen LogP contribution in [0.5, 0.6) is 0 Å². The summed E-state index contributed by atoms with van der Waals surface area (Å²) in [5, 5.41) is 12.7. The predicted molar refractivity (Wildman–Crippen MR) is 123 cm³/mol. The Morgan fingerprint density at radius 2 is 1.77 bits per heavy atom. The molecular weight excluding hydrogens is 412 g/mol. The van der Waals surface area contributed by atoms with Gasteiger partial charge < -0.3 is 10.2 Å². The molecule has 2 aromatic rings. The van der Waals surface area contributed by atoms with Crippen LogP contribution in [0, 0.1) is 37.0 Å². The maximum atomic E-state index is 13.6. The topological polar surface area (TPSA) is 76.4 Å². The highest BCUT2D eigenvalue weighted by atomic mass is 35.5. The summed E-state index contributed by atoms with van der Waals surface area (Å²) < 4.78 is 0. The van der Waals surface area contributed by atoms with E-state index < -0.39 is 11.9 Å². The van der Waals surface area contributed by atoms with Crippen LogP contribution in [0.3, 0.4) is 0 Å². The largest absolute Gasteiger partial charge is 0.330 e. The Morgan fingerprint density at radius 3 is 2.32 bits per heavy atom. The quantitative estimate of drug-likeness (QED) is 0.742. The van der Waals surface area contributed by atoms with Gasteiger partial charge in [0.15, 0.2) is 0 Å². The van der Waals surface area contributed by atoms with Gasteiger partial charge in [-0.15, -0.1) is 12.8 Å². The third-order valence-electron chi connectivity index (χ3n) is 5.08. The molecule has 1 saturated heterocycles. The number of anilines is 1. The number of aryl methyl sites for hydroxylation is 1. The fraction of sp³-hybridized carbons (Fsp3) is 0.292. The highest BCUT2D eigenvalue weighted by Gasteiger charge is 2.39. The Balaban J connectivity index is 0.00000166. The van der Waals surface area contributed by atoms with Crippen molar-refractivity contribution in [2.75, 3.05) is 32.1 Å². The zero-order valence-electron chi connectivity index (χ0n) is 17.8. The monoisotopic (exact) mass is 436 g/mol. The Kier molecular flexibility index (Phi) is 8.22. The molecule has 0 saturated carbocycles. The van der Waals surface area contributed by atoms with Gasteiger partial charge in [-0.1, -0.05) is 23.7 Å². The number of imide groups is 1. The van der Waals surface area contributed by atoms with Crippen LogP contribution < -0.4 is 10.2 Å². The van der Waals surface area contributed by atoms with Crippen LogP contribution in [0.4, 0.5) is 10.5 Å². The minimum Gasteiger partial charge on any atom is -0.330 e. The number of hydrogen-bond acceptors (Lipinski definition) is 4. The van der Waals surface area contributed by atoms with E-state index in [0.29, 0.717) is 29.4 Å². The standard InChI is InChI=1S/C22H23ClN4O2.C2H2/c1-14-8-17(23)10-18(9-14)27(22(29)26(2)3)21(28)20-13-25-12-19(20)16-6-4-15(11-24)5-7-16;1-2/h4-10,19-20,25H,12-13H2,1-3H3;1-2H/t19-,20-;/m0./s1. The average molecular weight is 437 g/mol. The van der Waals surface area contributed by atoms with Crippen LogP contribution in [-0.4, -0.2) is 44.0 Å². The molecule has 0 bridgehead atoms. The number of carbonyl (C=O) groups excluding carboxylic acids is 2. The van der Waals surface area contributed by atoms with Crippen molar-refractivity contribution < 1.29 is 9.59 Å². The second kappa shape index (κ2) is 10.6. The van der Waals surface area contributed by atoms with Crippen LogP contribution in [-0.2, 0) is 4.79 Å². The maximum Gasteiger partial charge on any atom is 0.330 e. The maximum absolute atomic E-state index is 13.6. The number of benzene rings is 2. The number of halogens is 1. The summed E-state index contributed by atoms with van der Waals surface area (Å²) in [6, 6.07) is 14.1. The van der Waals surface area contributed by atoms with Crippen molar-refractivity contribution in [3.63, 3.8) is 0 Å². The number of hydrogen-bond donors (Lipinski definition) is 1. The van der Waals surface area contributed by atoms with E-state index in [9.17, 15) is 9.59 Å². The number of amides is 3. The summed E-state index contributed by atoms with van der Waals surface area (Å²) in [6.07, 6.45) is 8.00. The normalized spacial score (nSPS) is 17.1. The van der Waals surface area contributed by atoms with E-state index in [1.54, 1.807) is 44.4 Å². The smallest absolute Gasteiger partial charge is 0.330 e. The Bertz CT molecular complexity index is 988. The molecule has 6 nitrogen and oxygen atoms in total. The van der Waals surface area contributed by atoms with E-state index in [2.05, 4.69) is 24.2 Å². The molecule has 1 N–H and O–H groups in total. The summed E-state index contributed by atoms with van der Waals surface area (Å²) >= 11 is 6.19. The van der Waals surface area contributed by atoms with Gasteiger partial charge in [0.2, 0.25) is 5.91 Å². The van der Waals surface area contributed by atoms with Gasteiger partial charge in [0.1, 0.15) is 0 Å². The van der Waals surface area contributed by atoms with Crippen LogP contribution in [0.15, 0.2) is 42.5 Å². The van der Waals surface area contributed by atoms with Gasteiger partial charge in [-0.25, -0.2) is 9.69 Å². The van der Waals surface area contributed by atoms with Crippen molar-refractivity contribution in [2.45, 2.75) is 12.8 Å². The molecule has 2 atom stereocenters. The van der Waals surface area contributed by atoms with E-state index in [-0.39, 0.29) is 11.8 Å². The van der Waals surface area contributed by atoms with Crippen molar-refractivity contribution in [2.24, 2.45) is 5.92 Å². The van der Waals surface area contributed by atoms with Crippen LogP contribution in [0.1, 0.15) is 22.6 Å². The summed E-state index contributed by atoms with van der Waals surface area (Å²) in [5.74, 6) is -0.774. The Hall–Kier alpha value is -3.32. The Labute approximate surface area is 188 Å². The van der Waals surface area contributed by atoms with Gasteiger partial charge >= 0.3 is 6.03 Å². The van der Waals surface area contributed by atoms with Gasteiger partial charge in [0.05, 0.1) is 23.2 Å². The van der Waals surface area contributed by atoms with Crippen LogP contribution >= 0.6 is 11.6 Å². The SMILES string of the molecule is C#C.Cc1cc(Cl)cc(N(C(=O)[C@H]2CNC[C@H]2c2ccc(C#N)cc2)C(=O)N(C)C)c1. The zero-order chi connectivity index (χ0) is 23.1. The summed E-state index contributed by atoms with van der Waals surface area (Å²) in [7, 11) is 3.23. The molecule has 0 unspecified atom stereocenters.